The van der Waals surface area contributed by atoms with Crippen LogP contribution in [0.2, 0.25) is 5.02 Å². The monoisotopic (exact) mass is 393 g/mol. The van der Waals surface area contributed by atoms with Gasteiger partial charge in [-0.3, -0.25) is 9.59 Å². The zero-order chi connectivity index (χ0) is 19.9. The molecule has 0 radical (unpaired) electrons. The molecule has 5 nitrogen and oxygen atoms in total. The molecule has 0 fully saturated rings. The van der Waals surface area contributed by atoms with Gasteiger partial charge in [-0.05, 0) is 55.0 Å². The van der Waals surface area contributed by atoms with Gasteiger partial charge in [0.05, 0.1) is 12.1 Å². The fourth-order valence-corrected chi connectivity index (χ4v) is 2.78. The fraction of sp³-hybridized carbons (Fsp3) is 0.0909. The van der Waals surface area contributed by atoms with Crippen LogP contribution in [0.15, 0.2) is 72.8 Å². The first kappa shape index (κ1) is 19.5. The summed E-state index contributed by atoms with van der Waals surface area (Å²) >= 11 is 5.87. The van der Waals surface area contributed by atoms with Crippen LogP contribution >= 0.6 is 11.6 Å². The van der Waals surface area contributed by atoms with Gasteiger partial charge in [-0.2, -0.15) is 0 Å². The second-order valence-electron chi connectivity index (χ2n) is 6.22. The Hall–Kier alpha value is -3.31. The third-order valence-corrected chi connectivity index (χ3v) is 4.38. The van der Waals surface area contributed by atoms with E-state index in [4.69, 9.17) is 11.6 Å². The molecule has 3 rings (SSSR count). The second kappa shape index (κ2) is 9.06. The summed E-state index contributed by atoms with van der Waals surface area (Å²) < 4.78 is 0. The number of benzene rings is 3. The number of hydrogen-bond acceptors (Lipinski definition) is 3. The number of carbonyl (C=O) groups excluding carboxylic acids is 2. The number of carbonyl (C=O) groups is 2. The van der Waals surface area contributed by atoms with E-state index in [1.807, 2.05) is 31.2 Å². The molecule has 28 heavy (non-hydrogen) atoms. The highest BCUT2D eigenvalue weighted by Crippen LogP contribution is 2.19. The molecule has 2 amide bonds. The van der Waals surface area contributed by atoms with Crippen molar-refractivity contribution >= 4 is 40.5 Å². The average Bonchev–Trinajstić information content (AvgIpc) is 2.70. The molecule has 142 valence electrons. The lowest BCUT2D eigenvalue weighted by atomic mass is 10.1. The maximum Gasteiger partial charge on any atom is 0.257 e. The van der Waals surface area contributed by atoms with E-state index in [1.54, 1.807) is 48.5 Å². The first-order valence-corrected chi connectivity index (χ1v) is 9.16. The molecule has 0 aliphatic carbocycles. The van der Waals surface area contributed by atoms with Crippen molar-refractivity contribution in [3.05, 3.63) is 88.9 Å². The quantitative estimate of drug-likeness (QED) is 0.554. The Morgan fingerprint density at radius 1 is 0.821 bits per heavy atom. The standard InChI is InChI=1S/C22H20ClN3O2/c1-15-6-2-4-8-19(15)26-21(27)14-24-20-9-5-3-7-18(20)22(28)25-17-12-10-16(23)11-13-17/h2-13,24H,14H2,1H3,(H,25,28)(H,26,27). The van der Waals surface area contributed by atoms with Crippen molar-refractivity contribution in [2.45, 2.75) is 6.92 Å². The van der Waals surface area contributed by atoms with Gasteiger partial charge in [0.1, 0.15) is 0 Å². The van der Waals surface area contributed by atoms with Gasteiger partial charge in [0, 0.05) is 22.1 Å². The molecule has 3 N–H and O–H groups in total. The van der Waals surface area contributed by atoms with Gasteiger partial charge in [0.2, 0.25) is 5.91 Å². The summed E-state index contributed by atoms with van der Waals surface area (Å²) in [5.41, 5.74) is 3.41. The number of rotatable bonds is 6. The van der Waals surface area contributed by atoms with E-state index in [1.165, 1.54) is 0 Å². The molecule has 0 spiro atoms. The lowest BCUT2D eigenvalue weighted by molar-refractivity contribution is -0.114. The van der Waals surface area contributed by atoms with Crippen molar-refractivity contribution in [2.24, 2.45) is 0 Å². The van der Waals surface area contributed by atoms with E-state index in [0.29, 0.717) is 22.0 Å². The van der Waals surface area contributed by atoms with Crippen LogP contribution < -0.4 is 16.0 Å². The smallest absolute Gasteiger partial charge is 0.257 e. The molecule has 0 unspecified atom stereocenters. The fourth-order valence-electron chi connectivity index (χ4n) is 2.65. The molecule has 0 aliphatic rings. The number of aryl methyl sites for hydroxylation is 1. The first-order valence-electron chi connectivity index (χ1n) is 8.78. The highest BCUT2D eigenvalue weighted by atomic mass is 35.5. The SMILES string of the molecule is Cc1ccccc1NC(=O)CNc1ccccc1C(=O)Nc1ccc(Cl)cc1. The number of para-hydroxylation sites is 2. The Morgan fingerprint density at radius 3 is 2.18 bits per heavy atom. The van der Waals surface area contributed by atoms with Crippen LogP contribution in [-0.4, -0.2) is 18.4 Å². The van der Waals surface area contributed by atoms with E-state index in [0.717, 1.165) is 11.3 Å². The Kier molecular flexibility index (Phi) is 6.29. The van der Waals surface area contributed by atoms with Gasteiger partial charge >= 0.3 is 0 Å². The zero-order valence-corrected chi connectivity index (χ0v) is 16.1. The van der Waals surface area contributed by atoms with Gasteiger partial charge in [-0.1, -0.05) is 41.9 Å². The molecule has 3 aromatic carbocycles. The molecular formula is C22H20ClN3O2. The first-order chi connectivity index (χ1) is 13.5. The Labute approximate surface area is 168 Å². The highest BCUT2D eigenvalue weighted by molar-refractivity contribution is 6.30. The van der Waals surface area contributed by atoms with Crippen molar-refractivity contribution in [2.75, 3.05) is 22.5 Å². The Balaban J connectivity index is 1.65. The molecule has 0 bridgehead atoms. The van der Waals surface area contributed by atoms with Crippen LogP contribution in [0, 0.1) is 6.92 Å². The van der Waals surface area contributed by atoms with E-state index in [9.17, 15) is 9.59 Å². The molecular weight excluding hydrogens is 374 g/mol. The molecule has 0 saturated carbocycles. The third kappa shape index (κ3) is 5.11. The van der Waals surface area contributed by atoms with Gasteiger partial charge in [-0.15, -0.1) is 0 Å². The Morgan fingerprint density at radius 2 is 1.46 bits per heavy atom. The topological polar surface area (TPSA) is 70.2 Å². The molecule has 0 atom stereocenters. The van der Waals surface area contributed by atoms with Crippen molar-refractivity contribution in [1.82, 2.24) is 0 Å². The second-order valence-corrected chi connectivity index (χ2v) is 6.66. The van der Waals surface area contributed by atoms with Crippen molar-refractivity contribution in [1.29, 1.82) is 0 Å². The molecule has 6 heteroatoms. The molecule has 3 aromatic rings. The van der Waals surface area contributed by atoms with Gasteiger partial charge < -0.3 is 16.0 Å². The summed E-state index contributed by atoms with van der Waals surface area (Å²) in [7, 11) is 0. The summed E-state index contributed by atoms with van der Waals surface area (Å²) in [5, 5.41) is 9.31. The predicted molar refractivity (Wildman–Crippen MR) is 114 cm³/mol. The van der Waals surface area contributed by atoms with Crippen LogP contribution in [0.3, 0.4) is 0 Å². The summed E-state index contributed by atoms with van der Waals surface area (Å²) in [6, 6.07) is 21.5. The third-order valence-electron chi connectivity index (χ3n) is 4.13. The van der Waals surface area contributed by atoms with Crippen molar-refractivity contribution < 1.29 is 9.59 Å². The zero-order valence-electron chi connectivity index (χ0n) is 15.3. The minimum absolute atomic E-state index is 0.0412. The van der Waals surface area contributed by atoms with Crippen LogP contribution in [0.25, 0.3) is 0 Å². The minimum Gasteiger partial charge on any atom is -0.376 e. The highest BCUT2D eigenvalue weighted by Gasteiger charge is 2.12. The number of halogens is 1. The van der Waals surface area contributed by atoms with Crippen molar-refractivity contribution in [3.63, 3.8) is 0 Å². The minimum atomic E-state index is -0.273. The van der Waals surface area contributed by atoms with E-state index < -0.39 is 0 Å². The van der Waals surface area contributed by atoms with Gasteiger partial charge in [-0.25, -0.2) is 0 Å². The van der Waals surface area contributed by atoms with Crippen LogP contribution in [0.5, 0.6) is 0 Å². The molecule has 0 aromatic heterocycles. The Bertz CT molecular complexity index is 987. The summed E-state index contributed by atoms with van der Waals surface area (Å²) in [4.78, 5) is 24.9. The number of anilines is 3. The van der Waals surface area contributed by atoms with Crippen LogP contribution in [0.4, 0.5) is 17.1 Å². The van der Waals surface area contributed by atoms with Crippen LogP contribution in [0.1, 0.15) is 15.9 Å². The normalized spacial score (nSPS) is 10.2. The van der Waals surface area contributed by atoms with E-state index >= 15 is 0 Å². The van der Waals surface area contributed by atoms with Gasteiger partial charge in [0.15, 0.2) is 0 Å². The molecule has 0 heterocycles. The maximum atomic E-state index is 12.6. The van der Waals surface area contributed by atoms with Crippen LogP contribution in [-0.2, 0) is 4.79 Å². The van der Waals surface area contributed by atoms with E-state index in [2.05, 4.69) is 16.0 Å². The predicted octanol–water partition coefficient (Wildman–Crippen LogP) is 4.95. The molecule has 0 aliphatic heterocycles. The van der Waals surface area contributed by atoms with Gasteiger partial charge in [0.25, 0.3) is 5.91 Å². The van der Waals surface area contributed by atoms with E-state index in [-0.39, 0.29) is 18.4 Å². The lowest BCUT2D eigenvalue weighted by Crippen LogP contribution is -2.23. The lowest BCUT2D eigenvalue weighted by Gasteiger charge is -2.13. The number of hydrogen-bond donors (Lipinski definition) is 3. The van der Waals surface area contributed by atoms with Crippen molar-refractivity contribution in [3.8, 4) is 0 Å². The largest absolute Gasteiger partial charge is 0.376 e. The number of amides is 2. The number of nitrogens with one attached hydrogen (secondary N) is 3. The summed E-state index contributed by atoms with van der Waals surface area (Å²) in [6.45, 7) is 1.97. The average molecular weight is 394 g/mol. The summed E-state index contributed by atoms with van der Waals surface area (Å²) in [5.74, 6) is -0.466. The maximum absolute atomic E-state index is 12.6. The summed E-state index contributed by atoms with van der Waals surface area (Å²) in [6.07, 6.45) is 0. The molecule has 0 saturated heterocycles.